The zero-order chi connectivity index (χ0) is 15.0. The molecule has 1 atom stereocenters. The first-order chi connectivity index (χ1) is 10.1. The number of nitrogens with two attached hydrogens (primary N) is 1. The van der Waals surface area contributed by atoms with E-state index >= 15 is 0 Å². The number of rotatable bonds is 2. The summed E-state index contributed by atoms with van der Waals surface area (Å²) in [6.45, 7) is 1.79. The van der Waals surface area contributed by atoms with Gasteiger partial charge in [-0.3, -0.25) is 9.59 Å². The van der Waals surface area contributed by atoms with Crippen molar-refractivity contribution >= 4 is 11.7 Å². The first kappa shape index (κ1) is 13.6. The van der Waals surface area contributed by atoms with Gasteiger partial charge in [-0.2, -0.15) is 0 Å². The Balaban J connectivity index is 2.07. The SMILES string of the molecule is CC(C(N)=O)c1ccc2c(c1)CCc1ccccc1C2=O. The van der Waals surface area contributed by atoms with Crippen LogP contribution < -0.4 is 5.73 Å². The van der Waals surface area contributed by atoms with Crippen LogP contribution in [0.4, 0.5) is 0 Å². The Kier molecular flexibility index (Phi) is 3.34. The smallest absolute Gasteiger partial charge is 0.224 e. The molecule has 2 aromatic rings. The van der Waals surface area contributed by atoms with Gasteiger partial charge in [0.15, 0.2) is 5.78 Å². The number of amides is 1. The van der Waals surface area contributed by atoms with Crippen molar-refractivity contribution in [3.8, 4) is 0 Å². The molecule has 21 heavy (non-hydrogen) atoms. The molecule has 0 heterocycles. The Morgan fingerprint density at radius 1 is 1.05 bits per heavy atom. The van der Waals surface area contributed by atoms with E-state index in [2.05, 4.69) is 0 Å². The fourth-order valence-corrected chi connectivity index (χ4v) is 2.85. The van der Waals surface area contributed by atoms with E-state index in [0.717, 1.165) is 40.7 Å². The van der Waals surface area contributed by atoms with E-state index in [-0.39, 0.29) is 17.6 Å². The Morgan fingerprint density at radius 3 is 2.48 bits per heavy atom. The van der Waals surface area contributed by atoms with Crippen molar-refractivity contribution in [2.24, 2.45) is 5.73 Å². The second-order valence-electron chi connectivity index (χ2n) is 5.53. The summed E-state index contributed by atoms with van der Waals surface area (Å²) in [5.41, 5.74) is 9.85. The molecule has 1 aliphatic carbocycles. The Labute approximate surface area is 123 Å². The molecule has 0 spiro atoms. The number of benzene rings is 2. The maximum absolute atomic E-state index is 12.7. The topological polar surface area (TPSA) is 60.2 Å². The number of carbonyl (C=O) groups is 2. The summed E-state index contributed by atoms with van der Waals surface area (Å²) < 4.78 is 0. The second kappa shape index (κ2) is 5.17. The molecule has 1 amide bonds. The van der Waals surface area contributed by atoms with Crippen LogP contribution in [0.25, 0.3) is 0 Å². The third-order valence-electron chi connectivity index (χ3n) is 4.23. The van der Waals surface area contributed by atoms with E-state index in [4.69, 9.17) is 5.73 Å². The highest BCUT2D eigenvalue weighted by Crippen LogP contribution is 2.27. The van der Waals surface area contributed by atoms with Crippen LogP contribution in [0, 0.1) is 0 Å². The molecule has 0 aliphatic heterocycles. The molecule has 2 aromatic carbocycles. The average molecular weight is 279 g/mol. The molecule has 2 N–H and O–H groups in total. The summed E-state index contributed by atoms with van der Waals surface area (Å²) in [7, 11) is 0. The van der Waals surface area contributed by atoms with Crippen molar-refractivity contribution in [1.29, 1.82) is 0 Å². The van der Waals surface area contributed by atoms with Crippen molar-refractivity contribution in [3.63, 3.8) is 0 Å². The summed E-state index contributed by atoms with van der Waals surface area (Å²) in [4.78, 5) is 24.0. The monoisotopic (exact) mass is 279 g/mol. The normalized spacial score (nSPS) is 14.8. The van der Waals surface area contributed by atoms with Crippen molar-refractivity contribution in [2.45, 2.75) is 25.7 Å². The van der Waals surface area contributed by atoms with Gasteiger partial charge in [-0.15, -0.1) is 0 Å². The van der Waals surface area contributed by atoms with Gasteiger partial charge in [0.25, 0.3) is 0 Å². The van der Waals surface area contributed by atoms with Gasteiger partial charge in [-0.1, -0.05) is 42.5 Å². The first-order valence-corrected chi connectivity index (χ1v) is 7.12. The molecule has 0 bridgehead atoms. The van der Waals surface area contributed by atoms with Crippen molar-refractivity contribution in [2.75, 3.05) is 0 Å². The molecular weight excluding hydrogens is 262 g/mol. The zero-order valence-electron chi connectivity index (χ0n) is 11.9. The molecule has 1 unspecified atom stereocenters. The number of aryl methyl sites for hydroxylation is 2. The quantitative estimate of drug-likeness (QED) is 0.918. The molecule has 0 radical (unpaired) electrons. The van der Waals surface area contributed by atoms with E-state index < -0.39 is 0 Å². The second-order valence-corrected chi connectivity index (χ2v) is 5.53. The largest absolute Gasteiger partial charge is 0.369 e. The lowest BCUT2D eigenvalue weighted by Crippen LogP contribution is -2.19. The number of primary amides is 1. The van der Waals surface area contributed by atoms with Crippen molar-refractivity contribution in [1.82, 2.24) is 0 Å². The van der Waals surface area contributed by atoms with Crippen LogP contribution in [0.5, 0.6) is 0 Å². The third kappa shape index (κ3) is 2.35. The van der Waals surface area contributed by atoms with E-state index in [1.165, 1.54) is 0 Å². The predicted molar refractivity (Wildman–Crippen MR) is 81.3 cm³/mol. The third-order valence-corrected chi connectivity index (χ3v) is 4.23. The highest BCUT2D eigenvalue weighted by molar-refractivity contribution is 6.11. The van der Waals surface area contributed by atoms with E-state index in [1.807, 2.05) is 42.5 Å². The van der Waals surface area contributed by atoms with Gasteiger partial charge in [0.1, 0.15) is 0 Å². The van der Waals surface area contributed by atoms with Gasteiger partial charge in [-0.25, -0.2) is 0 Å². The average Bonchev–Trinajstić information content (AvgIpc) is 2.64. The van der Waals surface area contributed by atoms with Gasteiger partial charge in [0.05, 0.1) is 5.92 Å². The van der Waals surface area contributed by atoms with Crippen LogP contribution >= 0.6 is 0 Å². The number of hydrogen-bond acceptors (Lipinski definition) is 2. The summed E-state index contributed by atoms with van der Waals surface area (Å²) in [5.74, 6) is -0.620. The maximum atomic E-state index is 12.7. The van der Waals surface area contributed by atoms with Crippen molar-refractivity contribution < 1.29 is 9.59 Å². The lowest BCUT2D eigenvalue weighted by molar-refractivity contribution is -0.119. The first-order valence-electron chi connectivity index (χ1n) is 7.12. The number of hydrogen-bond donors (Lipinski definition) is 1. The Morgan fingerprint density at radius 2 is 1.71 bits per heavy atom. The van der Waals surface area contributed by atoms with Gasteiger partial charge >= 0.3 is 0 Å². The fourth-order valence-electron chi connectivity index (χ4n) is 2.85. The lowest BCUT2D eigenvalue weighted by atomic mass is 9.93. The number of carbonyl (C=O) groups excluding carboxylic acids is 2. The summed E-state index contributed by atoms with van der Waals surface area (Å²) >= 11 is 0. The van der Waals surface area contributed by atoms with Gasteiger partial charge < -0.3 is 5.73 Å². The molecule has 1 aliphatic rings. The molecule has 0 aromatic heterocycles. The minimum absolute atomic E-state index is 0.0661. The Hall–Kier alpha value is -2.42. The maximum Gasteiger partial charge on any atom is 0.224 e. The summed E-state index contributed by atoms with van der Waals surface area (Å²) in [6.07, 6.45) is 1.64. The minimum atomic E-state index is -0.349. The van der Waals surface area contributed by atoms with Gasteiger partial charge in [0.2, 0.25) is 5.91 Å². The highest BCUT2D eigenvalue weighted by Gasteiger charge is 2.22. The standard InChI is InChI=1S/C18H17NO2/c1-11(18(19)21)13-8-9-16-14(10-13)7-6-12-4-2-3-5-15(12)17(16)20/h2-5,8-11H,6-7H2,1H3,(H2,19,21). The summed E-state index contributed by atoms with van der Waals surface area (Å²) in [5, 5.41) is 0. The predicted octanol–water partition coefficient (Wildman–Crippen LogP) is 2.61. The van der Waals surface area contributed by atoms with E-state index in [1.54, 1.807) is 6.92 Å². The number of fused-ring (bicyclic) bond motifs is 2. The van der Waals surface area contributed by atoms with Crippen LogP contribution in [0.3, 0.4) is 0 Å². The number of ketones is 1. The van der Waals surface area contributed by atoms with Gasteiger partial charge in [-0.05, 0) is 36.5 Å². The van der Waals surface area contributed by atoms with Crippen LogP contribution in [0.1, 0.15) is 45.5 Å². The molecule has 0 saturated carbocycles. The van der Waals surface area contributed by atoms with E-state index in [0.29, 0.717) is 0 Å². The summed E-state index contributed by atoms with van der Waals surface area (Å²) in [6, 6.07) is 13.4. The van der Waals surface area contributed by atoms with Crippen LogP contribution in [0.2, 0.25) is 0 Å². The highest BCUT2D eigenvalue weighted by atomic mass is 16.1. The molecule has 106 valence electrons. The van der Waals surface area contributed by atoms with Crippen LogP contribution in [0.15, 0.2) is 42.5 Å². The molecule has 3 rings (SSSR count). The fraction of sp³-hybridized carbons (Fsp3) is 0.222. The molecule has 3 nitrogen and oxygen atoms in total. The minimum Gasteiger partial charge on any atom is -0.369 e. The zero-order valence-corrected chi connectivity index (χ0v) is 11.9. The molecule has 0 fully saturated rings. The van der Waals surface area contributed by atoms with E-state index in [9.17, 15) is 9.59 Å². The molecule has 0 saturated heterocycles. The molecule has 3 heteroatoms. The van der Waals surface area contributed by atoms with Crippen LogP contribution in [-0.2, 0) is 17.6 Å². The van der Waals surface area contributed by atoms with Crippen molar-refractivity contribution in [3.05, 3.63) is 70.3 Å². The lowest BCUT2D eigenvalue weighted by Gasteiger charge is -2.11. The van der Waals surface area contributed by atoms with Crippen LogP contribution in [-0.4, -0.2) is 11.7 Å². The van der Waals surface area contributed by atoms with Gasteiger partial charge in [0, 0.05) is 11.1 Å². The Bertz CT molecular complexity index is 734. The molecular formula is C18H17NO2.